The third-order valence-electron chi connectivity index (χ3n) is 3.97. The monoisotopic (exact) mass is 359 g/mol. The summed E-state index contributed by atoms with van der Waals surface area (Å²) in [6.07, 6.45) is 0.879. The number of carbonyl (C=O) groups is 4. The van der Waals surface area contributed by atoms with Gasteiger partial charge in [0, 0.05) is 26.1 Å². The van der Waals surface area contributed by atoms with E-state index in [-0.39, 0.29) is 17.9 Å². The van der Waals surface area contributed by atoms with E-state index in [2.05, 4.69) is 11.9 Å². The summed E-state index contributed by atoms with van der Waals surface area (Å²) in [6.45, 7) is 5.34. The van der Waals surface area contributed by atoms with E-state index in [0.29, 0.717) is 12.8 Å². The molecular formula is C19H25N3O4. The summed E-state index contributed by atoms with van der Waals surface area (Å²) in [5.74, 6) is -2.27. The van der Waals surface area contributed by atoms with E-state index >= 15 is 0 Å². The molecule has 0 saturated heterocycles. The first-order chi connectivity index (χ1) is 12.3. The predicted octanol–water partition coefficient (Wildman–Crippen LogP) is 0.657. The molecule has 0 aliphatic carbocycles. The van der Waals surface area contributed by atoms with Crippen LogP contribution >= 0.6 is 0 Å². The molecule has 1 aromatic rings. The van der Waals surface area contributed by atoms with Crippen molar-refractivity contribution in [2.75, 3.05) is 14.1 Å². The molecule has 7 nitrogen and oxygen atoms in total. The molecule has 0 aromatic heterocycles. The maximum absolute atomic E-state index is 12.6. The van der Waals surface area contributed by atoms with Gasteiger partial charge in [0.15, 0.2) is 0 Å². The van der Waals surface area contributed by atoms with Crippen molar-refractivity contribution in [1.29, 1.82) is 0 Å². The van der Waals surface area contributed by atoms with Crippen molar-refractivity contribution in [3.63, 3.8) is 0 Å². The van der Waals surface area contributed by atoms with Gasteiger partial charge in [0.25, 0.3) is 5.91 Å². The Morgan fingerprint density at radius 2 is 1.81 bits per heavy atom. The van der Waals surface area contributed by atoms with Crippen molar-refractivity contribution in [1.82, 2.24) is 15.5 Å². The fourth-order valence-corrected chi connectivity index (χ4v) is 2.53. The van der Waals surface area contributed by atoms with Crippen LogP contribution in [0.4, 0.5) is 0 Å². The Hall–Kier alpha value is -2.96. The third-order valence-corrected chi connectivity index (χ3v) is 3.97. The molecule has 0 heterocycles. The van der Waals surface area contributed by atoms with Crippen LogP contribution in [0.3, 0.4) is 0 Å². The van der Waals surface area contributed by atoms with E-state index in [1.165, 1.54) is 4.90 Å². The van der Waals surface area contributed by atoms with Gasteiger partial charge < -0.3 is 10.2 Å². The average molecular weight is 359 g/mol. The van der Waals surface area contributed by atoms with Crippen LogP contribution in [0.15, 0.2) is 42.5 Å². The van der Waals surface area contributed by atoms with Crippen molar-refractivity contribution >= 4 is 24.1 Å². The van der Waals surface area contributed by atoms with Crippen molar-refractivity contribution in [3.05, 3.63) is 48.0 Å². The Balaban J connectivity index is 2.95. The van der Waals surface area contributed by atoms with Crippen LogP contribution in [0.1, 0.15) is 18.9 Å². The lowest BCUT2D eigenvalue weighted by molar-refractivity contribution is -0.135. The molecule has 0 fully saturated rings. The summed E-state index contributed by atoms with van der Waals surface area (Å²) in [4.78, 5) is 48.7. The van der Waals surface area contributed by atoms with Gasteiger partial charge in [0.2, 0.25) is 18.2 Å². The van der Waals surface area contributed by atoms with Crippen LogP contribution in [0.5, 0.6) is 0 Å². The van der Waals surface area contributed by atoms with Crippen LogP contribution in [0, 0.1) is 5.92 Å². The molecule has 7 heteroatoms. The molecule has 140 valence electrons. The second-order valence-electron chi connectivity index (χ2n) is 6.06. The highest BCUT2D eigenvalue weighted by molar-refractivity contribution is 6.04. The molecule has 0 bridgehead atoms. The molecule has 2 N–H and O–H groups in total. The van der Waals surface area contributed by atoms with Crippen molar-refractivity contribution in [3.8, 4) is 0 Å². The molecule has 0 aliphatic heterocycles. The number of rotatable bonds is 9. The van der Waals surface area contributed by atoms with Gasteiger partial charge in [-0.05, 0) is 12.0 Å². The topological polar surface area (TPSA) is 95.6 Å². The lowest BCUT2D eigenvalue weighted by atomic mass is 9.95. The number of amides is 4. The minimum absolute atomic E-state index is 0.0205. The Labute approximate surface area is 153 Å². The normalized spacial score (nSPS) is 12.4. The molecule has 0 spiro atoms. The Kier molecular flexibility index (Phi) is 8.21. The van der Waals surface area contributed by atoms with E-state index < -0.39 is 23.8 Å². The fourth-order valence-electron chi connectivity index (χ4n) is 2.53. The molecular weight excluding hydrogens is 334 g/mol. The molecule has 1 aromatic carbocycles. The van der Waals surface area contributed by atoms with Gasteiger partial charge in [-0.3, -0.25) is 24.5 Å². The van der Waals surface area contributed by atoms with Crippen LogP contribution in [0.2, 0.25) is 0 Å². The van der Waals surface area contributed by atoms with E-state index in [0.717, 1.165) is 5.56 Å². The average Bonchev–Trinajstić information content (AvgIpc) is 2.62. The number of benzene rings is 1. The molecule has 1 rings (SSSR count). The SMILES string of the molecule is C=C(C(=O)NC=O)C(CC)C(=O)NC(Cc1ccccc1)C(=O)N(C)C. The van der Waals surface area contributed by atoms with E-state index in [1.54, 1.807) is 21.0 Å². The van der Waals surface area contributed by atoms with Crippen LogP contribution in [0.25, 0.3) is 0 Å². The van der Waals surface area contributed by atoms with Crippen LogP contribution in [-0.4, -0.2) is 49.2 Å². The second-order valence-corrected chi connectivity index (χ2v) is 6.06. The van der Waals surface area contributed by atoms with Gasteiger partial charge in [0.05, 0.1) is 5.92 Å². The van der Waals surface area contributed by atoms with E-state index in [4.69, 9.17) is 0 Å². The number of nitrogens with one attached hydrogen (secondary N) is 2. The first-order valence-electron chi connectivity index (χ1n) is 8.30. The summed E-state index contributed by atoms with van der Waals surface area (Å²) in [7, 11) is 3.22. The number of carbonyl (C=O) groups excluding carboxylic acids is 4. The number of likely N-dealkylation sites (N-methyl/N-ethyl adjacent to an activating group) is 1. The highest BCUT2D eigenvalue weighted by Gasteiger charge is 2.29. The summed E-state index contributed by atoms with van der Waals surface area (Å²) < 4.78 is 0. The number of imide groups is 1. The van der Waals surface area contributed by atoms with Gasteiger partial charge in [0.1, 0.15) is 6.04 Å². The standard InChI is InChI=1S/C19H25N3O4/c1-5-15(13(2)17(24)20-12-23)18(25)21-16(19(26)22(3)4)11-14-9-7-6-8-10-14/h6-10,12,15-16H,2,5,11H2,1,3-4H3,(H,21,25)(H,20,23,24). The predicted molar refractivity (Wildman–Crippen MR) is 97.9 cm³/mol. The number of nitrogens with zero attached hydrogens (tertiary/aromatic N) is 1. The Morgan fingerprint density at radius 3 is 2.31 bits per heavy atom. The van der Waals surface area contributed by atoms with E-state index in [9.17, 15) is 19.2 Å². The van der Waals surface area contributed by atoms with E-state index in [1.807, 2.05) is 35.6 Å². The Morgan fingerprint density at radius 1 is 1.19 bits per heavy atom. The maximum atomic E-state index is 12.6. The molecule has 0 saturated carbocycles. The molecule has 4 amide bonds. The highest BCUT2D eigenvalue weighted by Crippen LogP contribution is 2.15. The van der Waals surface area contributed by atoms with Crippen LogP contribution < -0.4 is 10.6 Å². The van der Waals surface area contributed by atoms with Gasteiger partial charge in [-0.15, -0.1) is 0 Å². The zero-order chi connectivity index (χ0) is 19.7. The summed E-state index contributed by atoms with van der Waals surface area (Å²) in [6, 6.07) is 8.55. The molecule has 26 heavy (non-hydrogen) atoms. The molecule has 0 radical (unpaired) electrons. The van der Waals surface area contributed by atoms with Crippen molar-refractivity contribution in [2.45, 2.75) is 25.8 Å². The van der Waals surface area contributed by atoms with Gasteiger partial charge in [-0.25, -0.2) is 0 Å². The lowest BCUT2D eigenvalue weighted by Gasteiger charge is -2.24. The van der Waals surface area contributed by atoms with Crippen molar-refractivity contribution < 1.29 is 19.2 Å². The maximum Gasteiger partial charge on any atom is 0.253 e. The zero-order valence-electron chi connectivity index (χ0n) is 15.3. The minimum Gasteiger partial charge on any atom is -0.347 e. The largest absolute Gasteiger partial charge is 0.347 e. The molecule has 0 aliphatic rings. The fraction of sp³-hybridized carbons (Fsp3) is 0.368. The first kappa shape index (κ1) is 21.1. The summed E-state index contributed by atoms with van der Waals surface area (Å²) in [5, 5.41) is 4.69. The third kappa shape index (κ3) is 5.84. The number of hydrogen-bond acceptors (Lipinski definition) is 4. The van der Waals surface area contributed by atoms with Gasteiger partial charge >= 0.3 is 0 Å². The molecule has 2 unspecified atom stereocenters. The quantitative estimate of drug-likeness (QED) is 0.500. The van der Waals surface area contributed by atoms with Gasteiger partial charge in [-0.2, -0.15) is 0 Å². The highest BCUT2D eigenvalue weighted by atomic mass is 16.2. The summed E-state index contributed by atoms with van der Waals surface area (Å²) in [5.41, 5.74) is 0.881. The second kappa shape index (κ2) is 10.1. The molecule has 2 atom stereocenters. The Bertz CT molecular complexity index is 671. The first-order valence-corrected chi connectivity index (χ1v) is 8.30. The van der Waals surface area contributed by atoms with Crippen LogP contribution in [-0.2, 0) is 25.6 Å². The smallest absolute Gasteiger partial charge is 0.253 e. The minimum atomic E-state index is -0.830. The van der Waals surface area contributed by atoms with Gasteiger partial charge in [-0.1, -0.05) is 43.8 Å². The van der Waals surface area contributed by atoms with Crippen molar-refractivity contribution in [2.24, 2.45) is 5.92 Å². The zero-order valence-corrected chi connectivity index (χ0v) is 15.3. The lowest BCUT2D eigenvalue weighted by Crippen LogP contribution is -2.50. The number of hydrogen-bond donors (Lipinski definition) is 2. The summed E-state index contributed by atoms with van der Waals surface area (Å²) >= 11 is 0.